The zero-order valence-electron chi connectivity index (χ0n) is 10.5. The van der Waals surface area contributed by atoms with Crippen molar-refractivity contribution in [2.45, 2.75) is 52.5 Å². The quantitative estimate of drug-likeness (QED) is 0.652. The smallest absolute Gasteiger partial charge is 0.223 e. The highest BCUT2D eigenvalue weighted by atomic mass is 16.2. The number of rotatable bonds is 4. The highest BCUT2D eigenvalue weighted by Crippen LogP contribution is 2.34. The van der Waals surface area contributed by atoms with E-state index >= 15 is 0 Å². The number of hydrogen-bond acceptors (Lipinski definition) is 1. The Hall–Kier alpha value is -0.790. The van der Waals surface area contributed by atoms with Crippen LogP contribution in [-0.4, -0.2) is 22.9 Å². The highest BCUT2D eigenvalue weighted by Gasteiger charge is 2.37. The summed E-state index contributed by atoms with van der Waals surface area (Å²) in [5.41, 5.74) is 0.0393. The van der Waals surface area contributed by atoms with E-state index in [9.17, 15) is 4.79 Å². The zero-order valence-corrected chi connectivity index (χ0v) is 10.5. The van der Waals surface area contributed by atoms with Crippen LogP contribution in [0, 0.1) is 5.41 Å². The van der Waals surface area contributed by atoms with Crippen molar-refractivity contribution in [2.75, 3.05) is 6.54 Å². The third kappa shape index (κ3) is 2.83. The molecule has 0 spiro atoms. The van der Waals surface area contributed by atoms with Crippen LogP contribution in [0.4, 0.5) is 0 Å². The van der Waals surface area contributed by atoms with Gasteiger partial charge in [-0.05, 0) is 32.1 Å². The molecule has 15 heavy (non-hydrogen) atoms. The Morgan fingerprint density at radius 2 is 2.00 bits per heavy atom. The first-order valence-electron chi connectivity index (χ1n) is 5.73. The maximum Gasteiger partial charge on any atom is 0.223 e. The van der Waals surface area contributed by atoms with Gasteiger partial charge < -0.3 is 4.90 Å². The molecule has 86 valence electrons. The van der Waals surface area contributed by atoms with Gasteiger partial charge in [0.05, 0.1) is 0 Å². The summed E-state index contributed by atoms with van der Waals surface area (Å²) in [6.07, 6.45) is 4.68. The van der Waals surface area contributed by atoms with Crippen LogP contribution >= 0.6 is 0 Å². The van der Waals surface area contributed by atoms with Gasteiger partial charge in [0.1, 0.15) is 0 Å². The van der Waals surface area contributed by atoms with Crippen molar-refractivity contribution in [1.29, 1.82) is 0 Å². The van der Waals surface area contributed by atoms with Crippen LogP contribution in [0.15, 0.2) is 12.7 Å². The second-order valence-corrected chi connectivity index (χ2v) is 5.83. The van der Waals surface area contributed by atoms with E-state index in [0.717, 1.165) is 25.8 Å². The Bertz CT molecular complexity index is 266. The Kier molecular flexibility index (Phi) is 3.27. The normalized spacial score (nSPS) is 18.4. The lowest BCUT2D eigenvalue weighted by molar-refractivity contribution is -0.132. The molecule has 0 aromatic rings. The molecule has 2 nitrogen and oxygen atoms in total. The fourth-order valence-corrected chi connectivity index (χ4v) is 2.57. The minimum absolute atomic E-state index is 0.0503. The molecule has 1 rings (SSSR count). The predicted octanol–water partition coefficient (Wildman–Crippen LogP) is 2.99. The first-order valence-corrected chi connectivity index (χ1v) is 5.73. The molecule has 0 saturated carbocycles. The van der Waals surface area contributed by atoms with Crippen LogP contribution < -0.4 is 0 Å². The van der Waals surface area contributed by atoms with Gasteiger partial charge in [-0.2, -0.15) is 0 Å². The lowest BCUT2D eigenvalue weighted by Crippen LogP contribution is -2.46. The van der Waals surface area contributed by atoms with Gasteiger partial charge in [-0.15, -0.1) is 6.58 Å². The summed E-state index contributed by atoms with van der Waals surface area (Å²) in [6.45, 7) is 13.4. The molecule has 1 aliphatic heterocycles. The number of carbonyl (C=O) groups is 1. The van der Waals surface area contributed by atoms with E-state index in [1.54, 1.807) is 0 Å². The number of amides is 1. The molecule has 0 aromatic carbocycles. The van der Waals surface area contributed by atoms with Crippen LogP contribution in [-0.2, 0) is 4.79 Å². The minimum Gasteiger partial charge on any atom is -0.338 e. The van der Waals surface area contributed by atoms with Gasteiger partial charge in [0.15, 0.2) is 0 Å². The Morgan fingerprint density at radius 3 is 2.40 bits per heavy atom. The summed E-state index contributed by atoms with van der Waals surface area (Å²) in [4.78, 5) is 13.7. The molecule has 2 heteroatoms. The number of hydrogen-bond donors (Lipinski definition) is 0. The molecule has 0 N–H and O–H groups in total. The Morgan fingerprint density at radius 1 is 1.40 bits per heavy atom. The van der Waals surface area contributed by atoms with Gasteiger partial charge >= 0.3 is 0 Å². The third-order valence-corrected chi connectivity index (χ3v) is 3.24. The van der Waals surface area contributed by atoms with Gasteiger partial charge in [-0.25, -0.2) is 0 Å². The fourth-order valence-electron chi connectivity index (χ4n) is 2.57. The Labute approximate surface area is 93.3 Å². The maximum atomic E-state index is 11.7. The highest BCUT2D eigenvalue weighted by molar-refractivity contribution is 5.78. The largest absolute Gasteiger partial charge is 0.338 e. The summed E-state index contributed by atoms with van der Waals surface area (Å²) in [6, 6.07) is 0. The summed E-state index contributed by atoms with van der Waals surface area (Å²) >= 11 is 0. The van der Waals surface area contributed by atoms with E-state index in [1.807, 2.05) is 11.0 Å². The molecular formula is C13H23NO. The maximum absolute atomic E-state index is 11.7. The molecule has 0 radical (unpaired) electrons. The predicted molar refractivity (Wildman–Crippen MR) is 63.6 cm³/mol. The molecule has 1 aliphatic rings. The van der Waals surface area contributed by atoms with Crippen molar-refractivity contribution < 1.29 is 4.79 Å². The summed E-state index contributed by atoms with van der Waals surface area (Å²) < 4.78 is 0. The number of carbonyl (C=O) groups excluding carboxylic acids is 1. The third-order valence-electron chi connectivity index (χ3n) is 3.24. The molecule has 0 aromatic heterocycles. The van der Waals surface area contributed by atoms with Crippen LogP contribution in [0.5, 0.6) is 0 Å². The summed E-state index contributed by atoms with van der Waals surface area (Å²) in [7, 11) is 0. The van der Waals surface area contributed by atoms with E-state index in [0.29, 0.717) is 5.91 Å². The second-order valence-electron chi connectivity index (χ2n) is 5.83. The zero-order chi connectivity index (χ0) is 11.7. The summed E-state index contributed by atoms with van der Waals surface area (Å²) in [5, 5.41) is 0. The average molecular weight is 209 g/mol. The van der Waals surface area contributed by atoms with Crippen LogP contribution in [0.1, 0.15) is 47.0 Å². The first kappa shape index (κ1) is 12.3. The second kappa shape index (κ2) is 3.99. The lowest BCUT2D eigenvalue weighted by atomic mass is 9.79. The lowest BCUT2D eigenvalue weighted by Gasteiger charge is -2.40. The molecular weight excluding hydrogens is 186 g/mol. The van der Waals surface area contributed by atoms with Crippen LogP contribution in [0.25, 0.3) is 0 Å². The molecule has 0 atom stereocenters. The Balaban J connectivity index is 2.74. The van der Waals surface area contributed by atoms with Crippen LogP contribution in [0.3, 0.4) is 0 Å². The monoisotopic (exact) mass is 209 g/mol. The topological polar surface area (TPSA) is 20.3 Å². The van der Waals surface area contributed by atoms with E-state index in [1.165, 1.54) is 0 Å². The van der Waals surface area contributed by atoms with Crippen molar-refractivity contribution in [3.63, 3.8) is 0 Å². The van der Waals surface area contributed by atoms with E-state index in [-0.39, 0.29) is 11.0 Å². The number of nitrogens with zero attached hydrogens (tertiary/aromatic N) is 1. The van der Waals surface area contributed by atoms with Crippen molar-refractivity contribution in [3.8, 4) is 0 Å². The van der Waals surface area contributed by atoms with E-state index in [2.05, 4.69) is 34.3 Å². The molecule has 0 unspecified atom stereocenters. The van der Waals surface area contributed by atoms with Gasteiger partial charge in [-0.3, -0.25) is 4.79 Å². The molecule has 0 bridgehead atoms. The molecule has 1 heterocycles. The number of allylic oxidation sites excluding steroid dienone is 1. The SMILES string of the molecule is C=CC(C)(C)CC(C)(C)N1CCCC1=O. The molecule has 0 aliphatic carbocycles. The fraction of sp³-hybridized carbons (Fsp3) is 0.769. The van der Waals surface area contributed by atoms with E-state index in [4.69, 9.17) is 0 Å². The molecule has 1 amide bonds. The van der Waals surface area contributed by atoms with Crippen LogP contribution in [0.2, 0.25) is 0 Å². The van der Waals surface area contributed by atoms with Gasteiger partial charge in [0.25, 0.3) is 0 Å². The molecule has 1 saturated heterocycles. The van der Waals surface area contributed by atoms with E-state index < -0.39 is 0 Å². The molecule has 1 fully saturated rings. The number of likely N-dealkylation sites (tertiary alicyclic amines) is 1. The van der Waals surface area contributed by atoms with Crippen molar-refractivity contribution in [3.05, 3.63) is 12.7 Å². The van der Waals surface area contributed by atoms with Crippen molar-refractivity contribution >= 4 is 5.91 Å². The van der Waals surface area contributed by atoms with Crippen molar-refractivity contribution in [2.24, 2.45) is 5.41 Å². The first-order chi connectivity index (χ1) is 6.78. The van der Waals surface area contributed by atoms with Gasteiger partial charge in [0.2, 0.25) is 5.91 Å². The van der Waals surface area contributed by atoms with Crippen molar-refractivity contribution in [1.82, 2.24) is 4.90 Å². The summed E-state index contributed by atoms with van der Waals surface area (Å²) in [5.74, 6) is 0.305. The minimum atomic E-state index is -0.0503. The van der Waals surface area contributed by atoms with Gasteiger partial charge in [0, 0.05) is 18.5 Å². The average Bonchev–Trinajstić information content (AvgIpc) is 2.50. The van der Waals surface area contributed by atoms with Gasteiger partial charge in [-0.1, -0.05) is 19.9 Å². The standard InChI is InChI=1S/C13H23NO/c1-6-12(2,3)10-13(4,5)14-9-7-8-11(14)15/h6H,1,7-10H2,2-5H3.